The molecule has 1 amide bonds. The molecule has 0 fully saturated rings. The third-order valence-electron chi connectivity index (χ3n) is 5.96. The molecule has 0 radical (unpaired) electrons. The predicted molar refractivity (Wildman–Crippen MR) is 148 cm³/mol. The number of nitrogens with one attached hydrogen (secondary N) is 1. The van der Waals surface area contributed by atoms with Crippen molar-refractivity contribution in [1.29, 1.82) is 0 Å². The Morgan fingerprint density at radius 1 is 1.03 bits per heavy atom. The third kappa shape index (κ3) is 9.64. The first-order valence-corrected chi connectivity index (χ1v) is 14.5. The average Bonchev–Trinajstić information content (AvgIpc) is 2.89. The number of rotatable bonds is 16. The van der Waals surface area contributed by atoms with E-state index in [0.29, 0.717) is 37.9 Å². The quantitative estimate of drug-likeness (QED) is 0.186. The maximum Gasteiger partial charge on any atom is 0.324 e. The molecule has 0 saturated carbocycles. The lowest BCUT2D eigenvalue weighted by Gasteiger charge is -2.31. The molecule has 0 heterocycles. The number of esters is 1. The minimum absolute atomic E-state index is 0.0135. The minimum atomic E-state index is -3.97. The summed E-state index contributed by atoms with van der Waals surface area (Å²) in [6, 6.07) is 12.6. The first kappa shape index (κ1) is 31.1. The standard InChI is InChI=1S/C28H41N3O6S/c1-5-37-28(33)26(31(20-21(2)3)38(34,35)25-16-12-23(29)13-17-25)8-6-7-19-30-27(32)18-11-22-9-14-24(36-4)15-10-22/h9-10,12-17,21,26H,5-8,11,18-20,29H2,1-4H3,(H,30,32)/t26-/m0/s1. The van der Waals surface area contributed by atoms with Crippen molar-refractivity contribution in [3.8, 4) is 5.75 Å². The highest BCUT2D eigenvalue weighted by molar-refractivity contribution is 7.89. The largest absolute Gasteiger partial charge is 0.497 e. The van der Waals surface area contributed by atoms with E-state index in [1.807, 2.05) is 38.1 Å². The van der Waals surface area contributed by atoms with Crippen LogP contribution < -0.4 is 15.8 Å². The van der Waals surface area contributed by atoms with Gasteiger partial charge in [0.25, 0.3) is 0 Å². The predicted octanol–water partition coefficient (Wildman–Crippen LogP) is 3.78. The van der Waals surface area contributed by atoms with E-state index in [4.69, 9.17) is 15.2 Å². The molecule has 3 N–H and O–H groups in total. The van der Waals surface area contributed by atoms with E-state index in [9.17, 15) is 18.0 Å². The Bertz CT molecular complexity index is 1120. The van der Waals surface area contributed by atoms with Crippen LogP contribution in [-0.4, -0.2) is 57.4 Å². The van der Waals surface area contributed by atoms with Gasteiger partial charge in [-0.15, -0.1) is 0 Å². The molecule has 0 unspecified atom stereocenters. The number of hydrogen-bond acceptors (Lipinski definition) is 7. The van der Waals surface area contributed by atoms with Crippen molar-refractivity contribution in [3.63, 3.8) is 0 Å². The monoisotopic (exact) mass is 547 g/mol. The van der Waals surface area contributed by atoms with E-state index < -0.39 is 22.0 Å². The molecule has 0 aliphatic heterocycles. The van der Waals surface area contributed by atoms with Crippen LogP contribution in [0.25, 0.3) is 0 Å². The number of nitrogen functional groups attached to an aromatic ring is 1. The molecule has 0 aliphatic rings. The van der Waals surface area contributed by atoms with Gasteiger partial charge in [0.2, 0.25) is 15.9 Å². The zero-order valence-electron chi connectivity index (χ0n) is 22.8. The number of amides is 1. The van der Waals surface area contributed by atoms with Crippen molar-refractivity contribution in [2.75, 3.05) is 32.5 Å². The third-order valence-corrected chi connectivity index (χ3v) is 7.85. The van der Waals surface area contributed by atoms with Crippen LogP contribution in [-0.2, 0) is 30.8 Å². The van der Waals surface area contributed by atoms with Gasteiger partial charge in [-0.25, -0.2) is 8.42 Å². The van der Waals surface area contributed by atoms with Crippen LogP contribution >= 0.6 is 0 Å². The molecule has 2 aromatic rings. The van der Waals surface area contributed by atoms with Gasteiger partial charge in [0.15, 0.2) is 0 Å². The molecule has 10 heteroatoms. The van der Waals surface area contributed by atoms with Crippen molar-refractivity contribution in [2.45, 2.75) is 63.8 Å². The Morgan fingerprint density at radius 3 is 2.26 bits per heavy atom. The molecule has 0 aromatic heterocycles. The number of hydrogen-bond donors (Lipinski definition) is 2. The van der Waals surface area contributed by atoms with Crippen LogP contribution in [0.1, 0.15) is 52.0 Å². The van der Waals surface area contributed by atoms with E-state index in [-0.39, 0.29) is 36.3 Å². The number of carbonyl (C=O) groups is 2. The topological polar surface area (TPSA) is 128 Å². The van der Waals surface area contributed by atoms with Crippen LogP contribution in [0.5, 0.6) is 5.75 Å². The molecule has 210 valence electrons. The maximum atomic E-state index is 13.5. The van der Waals surface area contributed by atoms with E-state index in [1.165, 1.54) is 28.6 Å². The number of unbranched alkanes of at least 4 members (excludes halogenated alkanes) is 1. The second-order valence-electron chi connectivity index (χ2n) is 9.50. The second kappa shape index (κ2) is 15.3. The molecule has 0 spiro atoms. The van der Waals surface area contributed by atoms with Crippen LogP contribution in [0.15, 0.2) is 53.4 Å². The van der Waals surface area contributed by atoms with Crippen molar-refractivity contribution in [2.24, 2.45) is 5.92 Å². The molecule has 0 bridgehead atoms. The van der Waals surface area contributed by atoms with E-state index in [0.717, 1.165) is 11.3 Å². The first-order chi connectivity index (χ1) is 18.1. The fraction of sp³-hybridized carbons (Fsp3) is 0.500. The molecular weight excluding hydrogens is 506 g/mol. The number of aryl methyl sites for hydroxylation is 1. The fourth-order valence-electron chi connectivity index (χ4n) is 3.97. The molecule has 2 aromatic carbocycles. The Kier molecular flexibility index (Phi) is 12.6. The number of methoxy groups -OCH3 is 1. The number of nitrogens with two attached hydrogens (primary N) is 1. The summed E-state index contributed by atoms with van der Waals surface area (Å²) in [6.45, 7) is 6.24. The summed E-state index contributed by atoms with van der Waals surface area (Å²) < 4.78 is 38.7. The summed E-state index contributed by atoms with van der Waals surface area (Å²) in [5.74, 6) is 0.124. The Hall–Kier alpha value is -3.11. The van der Waals surface area contributed by atoms with Crippen molar-refractivity contribution >= 4 is 27.6 Å². The molecule has 1 atom stereocenters. The lowest BCUT2D eigenvalue weighted by atomic mass is 10.1. The summed E-state index contributed by atoms with van der Waals surface area (Å²) in [4.78, 5) is 25.2. The average molecular weight is 548 g/mol. The second-order valence-corrected chi connectivity index (χ2v) is 11.4. The lowest BCUT2D eigenvalue weighted by Crippen LogP contribution is -2.47. The minimum Gasteiger partial charge on any atom is -0.497 e. The highest BCUT2D eigenvalue weighted by Gasteiger charge is 2.36. The van der Waals surface area contributed by atoms with Gasteiger partial charge >= 0.3 is 5.97 Å². The molecule has 0 saturated heterocycles. The van der Waals surface area contributed by atoms with Gasteiger partial charge in [-0.05, 0) is 80.5 Å². The number of sulfonamides is 1. The van der Waals surface area contributed by atoms with Gasteiger partial charge in [-0.3, -0.25) is 9.59 Å². The number of ether oxygens (including phenoxy) is 2. The summed E-state index contributed by atoms with van der Waals surface area (Å²) in [5.41, 5.74) is 7.23. The van der Waals surface area contributed by atoms with Crippen LogP contribution in [0, 0.1) is 5.92 Å². The number of benzene rings is 2. The summed E-state index contributed by atoms with van der Waals surface area (Å²) in [5, 5.41) is 2.90. The fourth-order valence-corrected chi connectivity index (χ4v) is 5.75. The van der Waals surface area contributed by atoms with Crippen molar-refractivity contribution < 1.29 is 27.5 Å². The maximum absolute atomic E-state index is 13.5. The van der Waals surface area contributed by atoms with Crippen LogP contribution in [0.3, 0.4) is 0 Å². The number of carbonyl (C=O) groups excluding carboxylic acids is 2. The van der Waals surface area contributed by atoms with Crippen LogP contribution in [0.4, 0.5) is 5.69 Å². The molecule has 38 heavy (non-hydrogen) atoms. The molecule has 2 rings (SSSR count). The lowest BCUT2D eigenvalue weighted by molar-refractivity contribution is -0.148. The van der Waals surface area contributed by atoms with Gasteiger partial charge in [-0.1, -0.05) is 26.0 Å². The van der Waals surface area contributed by atoms with Gasteiger partial charge < -0.3 is 20.5 Å². The number of anilines is 1. The zero-order valence-corrected chi connectivity index (χ0v) is 23.6. The van der Waals surface area contributed by atoms with E-state index in [1.54, 1.807) is 14.0 Å². The van der Waals surface area contributed by atoms with Gasteiger partial charge in [0.1, 0.15) is 11.8 Å². The zero-order chi connectivity index (χ0) is 28.1. The smallest absolute Gasteiger partial charge is 0.324 e. The van der Waals surface area contributed by atoms with E-state index >= 15 is 0 Å². The van der Waals surface area contributed by atoms with Gasteiger partial charge in [0, 0.05) is 25.2 Å². The first-order valence-electron chi connectivity index (χ1n) is 13.0. The number of nitrogens with zero attached hydrogens (tertiary/aromatic N) is 1. The normalized spacial score (nSPS) is 12.4. The van der Waals surface area contributed by atoms with Crippen molar-refractivity contribution in [1.82, 2.24) is 9.62 Å². The Balaban J connectivity index is 1.98. The molecule has 9 nitrogen and oxygen atoms in total. The highest BCUT2D eigenvalue weighted by atomic mass is 32.2. The van der Waals surface area contributed by atoms with Crippen molar-refractivity contribution in [3.05, 3.63) is 54.1 Å². The summed E-state index contributed by atoms with van der Waals surface area (Å²) >= 11 is 0. The van der Waals surface area contributed by atoms with Crippen LogP contribution in [0.2, 0.25) is 0 Å². The Labute approximate surface area is 226 Å². The van der Waals surface area contributed by atoms with E-state index in [2.05, 4.69) is 5.32 Å². The van der Waals surface area contributed by atoms with Gasteiger partial charge in [-0.2, -0.15) is 4.31 Å². The molecular formula is C28H41N3O6S. The Morgan fingerprint density at radius 2 is 1.68 bits per heavy atom. The van der Waals surface area contributed by atoms with Gasteiger partial charge in [0.05, 0.1) is 18.6 Å². The summed E-state index contributed by atoms with van der Waals surface area (Å²) in [6.07, 6.45) is 2.39. The SMILES string of the molecule is CCOC(=O)[C@H](CCCCNC(=O)CCc1ccc(OC)cc1)N(CC(C)C)S(=O)(=O)c1ccc(N)cc1. The highest BCUT2D eigenvalue weighted by Crippen LogP contribution is 2.24. The molecule has 0 aliphatic carbocycles. The summed E-state index contributed by atoms with van der Waals surface area (Å²) in [7, 11) is -2.36.